The van der Waals surface area contributed by atoms with Gasteiger partial charge >= 0.3 is 0 Å². The van der Waals surface area contributed by atoms with E-state index >= 15 is 0 Å². The Bertz CT molecular complexity index is 857. The first-order valence-corrected chi connectivity index (χ1v) is 10.7. The lowest BCUT2D eigenvalue weighted by Crippen LogP contribution is -2.27. The topological polar surface area (TPSA) is 43.1 Å². The summed E-state index contributed by atoms with van der Waals surface area (Å²) in [6, 6.07) is 19.1. The number of benzene rings is 2. The first kappa shape index (κ1) is 18.4. The summed E-state index contributed by atoms with van der Waals surface area (Å²) in [4.78, 5) is 4.68. The zero-order valence-corrected chi connectivity index (χ0v) is 16.0. The molecule has 0 aliphatic rings. The van der Waals surface area contributed by atoms with E-state index < -0.39 is 7.14 Å². The quantitative estimate of drug-likeness (QED) is 0.335. The molecular weight excluding hydrogens is 341 g/mol. The first-order chi connectivity index (χ1) is 12.7. The lowest BCUT2D eigenvalue weighted by molar-refractivity contribution is 0.463. The Morgan fingerprint density at radius 3 is 2.12 bits per heavy atom. The largest absolute Gasteiger partial charge is 0.445 e. The van der Waals surface area contributed by atoms with E-state index in [1.807, 2.05) is 73.7 Å². The number of aryl methyl sites for hydroxylation is 2. The number of hydrogen-bond acceptors (Lipinski definition) is 3. The van der Waals surface area contributed by atoms with Crippen molar-refractivity contribution in [3.05, 3.63) is 85.0 Å². The third-order valence-electron chi connectivity index (χ3n) is 4.40. The van der Waals surface area contributed by atoms with E-state index in [9.17, 15) is 4.57 Å². The van der Waals surface area contributed by atoms with Crippen LogP contribution in [0, 0.1) is 6.92 Å². The molecule has 0 aliphatic carbocycles. The van der Waals surface area contributed by atoms with Crippen LogP contribution in [0.4, 0.5) is 0 Å². The minimum atomic E-state index is -3.06. The van der Waals surface area contributed by atoms with Crippen molar-refractivity contribution in [2.45, 2.75) is 32.6 Å². The zero-order valence-electron chi connectivity index (χ0n) is 15.1. The fourth-order valence-corrected chi connectivity index (χ4v) is 5.79. The number of nitrogens with zero attached hydrogens (tertiary/aromatic N) is 1. The van der Waals surface area contributed by atoms with Crippen molar-refractivity contribution < 1.29 is 8.98 Å². The van der Waals surface area contributed by atoms with Crippen molar-refractivity contribution in [1.82, 2.24) is 4.98 Å². The van der Waals surface area contributed by atoms with Crippen LogP contribution in [0.15, 0.2) is 77.7 Å². The summed E-state index contributed by atoms with van der Waals surface area (Å²) in [6.45, 7) is 5.60. The summed E-state index contributed by atoms with van der Waals surface area (Å²) in [5.41, 5.74) is 0.564. The average Bonchev–Trinajstić information content (AvgIpc) is 3.07. The van der Waals surface area contributed by atoms with Gasteiger partial charge in [-0.2, -0.15) is 0 Å². The molecule has 0 N–H and O–H groups in total. The molecule has 3 rings (SSSR count). The molecule has 0 saturated heterocycles. The second kappa shape index (κ2) is 8.33. The highest BCUT2D eigenvalue weighted by atomic mass is 31.2. The summed E-state index contributed by atoms with van der Waals surface area (Å²) in [6.07, 6.45) is 5.68. The minimum Gasteiger partial charge on any atom is -0.445 e. The molecule has 26 heavy (non-hydrogen) atoms. The van der Waals surface area contributed by atoms with Crippen LogP contribution in [-0.4, -0.2) is 4.98 Å². The van der Waals surface area contributed by atoms with Crippen molar-refractivity contribution >= 4 is 23.2 Å². The van der Waals surface area contributed by atoms with Crippen LogP contribution in [0.2, 0.25) is 0 Å². The maximum Gasteiger partial charge on any atom is 0.195 e. The third kappa shape index (κ3) is 3.73. The van der Waals surface area contributed by atoms with Gasteiger partial charge < -0.3 is 8.98 Å². The fourth-order valence-electron chi connectivity index (χ4n) is 3.08. The van der Waals surface area contributed by atoms with Gasteiger partial charge in [-0.1, -0.05) is 66.7 Å². The lowest BCUT2D eigenvalue weighted by Gasteiger charge is -2.17. The molecule has 3 nitrogen and oxygen atoms in total. The van der Waals surface area contributed by atoms with Crippen LogP contribution in [-0.2, 0) is 11.0 Å². The van der Waals surface area contributed by atoms with Crippen molar-refractivity contribution in [3.8, 4) is 0 Å². The molecule has 0 bridgehead atoms. The summed E-state index contributed by atoms with van der Waals surface area (Å²) in [5.74, 6) is 1.30. The normalized spacial score (nSPS) is 11.4. The molecule has 4 heteroatoms. The third-order valence-corrected chi connectivity index (χ3v) is 7.47. The Kier molecular flexibility index (Phi) is 5.90. The average molecular weight is 365 g/mol. The minimum absolute atomic E-state index is 0.564. The van der Waals surface area contributed by atoms with Crippen LogP contribution >= 0.6 is 7.14 Å². The molecule has 0 spiro atoms. The van der Waals surface area contributed by atoms with E-state index in [0.717, 1.165) is 36.3 Å². The lowest BCUT2D eigenvalue weighted by atomic mass is 10.2. The van der Waals surface area contributed by atoms with E-state index in [2.05, 4.69) is 11.6 Å². The molecule has 0 unspecified atom stereocenters. The Morgan fingerprint density at radius 2 is 1.58 bits per heavy atom. The predicted octanol–water partition coefficient (Wildman–Crippen LogP) is 4.52. The number of hydrogen-bond donors (Lipinski definition) is 0. The molecule has 2 aromatic carbocycles. The molecule has 0 saturated carbocycles. The summed E-state index contributed by atoms with van der Waals surface area (Å²) in [5, 5.41) is 1.56. The van der Waals surface area contributed by atoms with Gasteiger partial charge in [0.1, 0.15) is 11.2 Å². The van der Waals surface area contributed by atoms with Crippen LogP contribution in [0.5, 0.6) is 0 Å². The van der Waals surface area contributed by atoms with Crippen molar-refractivity contribution in [1.29, 1.82) is 0 Å². The molecule has 134 valence electrons. The Hall–Kier alpha value is -2.38. The molecule has 1 heterocycles. The number of unbranched alkanes of at least 4 members (excludes halogenated alkanes) is 2. The number of rotatable bonds is 8. The van der Waals surface area contributed by atoms with Gasteiger partial charge in [0.25, 0.3) is 0 Å². The molecule has 1 aromatic heterocycles. The number of allylic oxidation sites excluding steroid dienone is 1. The number of aromatic nitrogens is 1. The van der Waals surface area contributed by atoms with E-state index in [-0.39, 0.29) is 0 Å². The Balaban J connectivity index is 2.03. The maximum absolute atomic E-state index is 14.3. The van der Waals surface area contributed by atoms with Gasteiger partial charge in [0.05, 0.1) is 0 Å². The van der Waals surface area contributed by atoms with E-state index in [1.54, 1.807) is 0 Å². The molecule has 0 aliphatic heterocycles. The fraction of sp³-hybridized carbons (Fsp3) is 0.227. The molecule has 0 amide bonds. The molecule has 0 fully saturated rings. The van der Waals surface area contributed by atoms with Crippen molar-refractivity contribution in [2.75, 3.05) is 0 Å². The standard InChI is InChI=1S/C22H24NO2P/c1-3-4-5-12-17-21-23-22(18(2)25-21)26(24,19-13-8-6-9-14-19)20-15-10-7-11-16-20/h3,6-11,13-16H,1,4-5,12,17H2,2H3. The van der Waals surface area contributed by atoms with Crippen LogP contribution in [0.3, 0.4) is 0 Å². The summed E-state index contributed by atoms with van der Waals surface area (Å²) >= 11 is 0. The van der Waals surface area contributed by atoms with Gasteiger partial charge in [-0.25, -0.2) is 4.98 Å². The van der Waals surface area contributed by atoms with Crippen LogP contribution < -0.4 is 16.0 Å². The van der Waals surface area contributed by atoms with Gasteiger partial charge in [0.2, 0.25) is 0 Å². The highest BCUT2D eigenvalue weighted by Gasteiger charge is 2.35. The van der Waals surface area contributed by atoms with E-state index in [4.69, 9.17) is 4.42 Å². The number of oxazole rings is 1. The SMILES string of the molecule is C=CCCCCc1nc(P(=O)(c2ccccc2)c2ccccc2)c(C)o1. The Morgan fingerprint density at radius 1 is 1.00 bits per heavy atom. The van der Waals surface area contributed by atoms with Crippen LogP contribution in [0.25, 0.3) is 0 Å². The van der Waals surface area contributed by atoms with Crippen molar-refractivity contribution in [3.63, 3.8) is 0 Å². The Labute approximate surface area is 155 Å². The van der Waals surface area contributed by atoms with Crippen molar-refractivity contribution in [2.24, 2.45) is 0 Å². The van der Waals surface area contributed by atoms with Gasteiger partial charge in [0, 0.05) is 17.0 Å². The first-order valence-electron chi connectivity index (χ1n) is 8.95. The van der Waals surface area contributed by atoms with Gasteiger partial charge in [-0.05, 0) is 26.2 Å². The monoisotopic (exact) mass is 365 g/mol. The second-order valence-electron chi connectivity index (χ2n) is 6.30. The van der Waals surface area contributed by atoms with Gasteiger partial charge in [-0.15, -0.1) is 6.58 Å². The van der Waals surface area contributed by atoms with Gasteiger partial charge in [-0.3, -0.25) is 0 Å². The molecule has 3 aromatic rings. The maximum atomic E-state index is 14.3. The van der Waals surface area contributed by atoms with E-state index in [1.165, 1.54) is 0 Å². The predicted molar refractivity (Wildman–Crippen MR) is 108 cm³/mol. The smallest absolute Gasteiger partial charge is 0.195 e. The highest BCUT2D eigenvalue weighted by Crippen LogP contribution is 2.42. The molecule has 0 radical (unpaired) electrons. The summed E-state index contributed by atoms with van der Waals surface area (Å²) in [7, 11) is -3.06. The molecular formula is C22H24NO2P. The summed E-state index contributed by atoms with van der Waals surface area (Å²) < 4.78 is 20.2. The van der Waals surface area contributed by atoms with E-state index in [0.29, 0.717) is 17.1 Å². The molecule has 0 atom stereocenters. The second-order valence-corrected chi connectivity index (χ2v) is 8.98. The zero-order chi connectivity index (χ0) is 18.4. The van der Waals surface area contributed by atoms with Crippen LogP contribution in [0.1, 0.15) is 30.9 Å². The van der Waals surface area contributed by atoms with Gasteiger partial charge in [0.15, 0.2) is 13.0 Å². The highest BCUT2D eigenvalue weighted by molar-refractivity contribution is 7.85.